The van der Waals surface area contributed by atoms with Crippen LogP contribution in [0.5, 0.6) is 0 Å². The molecule has 0 saturated carbocycles. The highest BCUT2D eigenvalue weighted by Gasteiger charge is 1.96. The molecule has 3 heteroatoms. The van der Waals surface area contributed by atoms with Crippen LogP contribution in [-0.4, -0.2) is 9.97 Å². The van der Waals surface area contributed by atoms with Crippen LogP contribution in [0.15, 0.2) is 18.2 Å². The molecule has 1 aromatic carbocycles. The van der Waals surface area contributed by atoms with Crippen molar-refractivity contribution in [2.75, 3.05) is 0 Å². The molecule has 0 aliphatic heterocycles. The van der Waals surface area contributed by atoms with E-state index in [-0.39, 0.29) is 0 Å². The van der Waals surface area contributed by atoms with E-state index in [1.807, 2.05) is 12.1 Å². The Balaban J connectivity index is 3.01. The molecule has 0 amide bonds. The molecule has 0 aliphatic rings. The molecule has 0 atom stereocenters. The minimum Gasteiger partial charge on any atom is -0.331 e. The lowest BCUT2D eigenvalue weighted by Gasteiger charge is -1.91. The maximum atomic E-state index is 4.96. The lowest BCUT2D eigenvalue weighted by atomic mass is 10.2. The Hall–Kier alpha value is -1.09. The standard InChI is InChI=1S/C8H8N2S/c1-5-3-2-4-6-7(5)10-8(11)9-6/h2-4H,1H3,(H2,9,10,11). The minimum atomic E-state index is 0.689. The molecule has 1 heterocycles. The molecule has 0 spiro atoms. The van der Waals surface area contributed by atoms with Gasteiger partial charge in [0, 0.05) is 0 Å². The first-order valence-electron chi connectivity index (χ1n) is 3.45. The van der Waals surface area contributed by atoms with Gasteiger partial charge in [0.2, 0.25) is 0 Å². The van der Waals surface area contributed by atoms with Gasteiger partial charge in [-0.05, 0) is 30.8 Å². The van der Waals surface area contributed by atoms with Crippen LogP contribution >= 0.6 is 12.2 Å². The summed E-state index contributed by atoms with van der Waals surface area (Å²) in [7, 11) is 0. The molecule has 1 aromatic heterocycles. The highest BCUT2D eigenvalue weighted by molar-refractivity contribution is 7.71. The molecule has 2 rings (SSSR count). The Bertz CT molecular complexity index is 439. The summed E-state index contributed by atoms with van der Waals surface area (Å²) in [5, 5.41) is 0. The summed E-state index contributed by atoms with van der Waals surface area (Å²) in [6, 6.07) is 6.08. The number of hydrogen-bond acceptors (Lipinski definition) is 1. The number of hydrogen-bond donors (Lipinski definition) is 2. The fourth-order valence-corrected chi connectivity index (χ4v) is 1.42. The van der Waals surface area contributed by atoms with E-state index in [0.717, 1.165) is 11.0 Å². The second-order valence-corrected chi connectivity index (χ2v) is 2.98. The van der Waals surface area contributed by atoms with Crippen LogP contribution in [0.25, 0.3) is 11.0 Å². The van der Waals surface area contributed by atoms with E-state index in [2.05, 4.69) is 23.0 Å². The van der Waals surface area contributed by atoms with Crippen molar-refractivity contribution in [3.05, 3.63) is 28.5 Å². The zero-order chi connectivity index (χ0) is 7.84. The highest BCUT2D eigenvalue weighted by atomic mass is 32.1. The summed E-state index contributed by atoms with van der Waals surface area (Å²) in [5.41, 5.74) is 3.40. The van der Waals surface area contributed by atoms with Crippen LogP contribution in [0.4, 0.5) is 0 Å². The second kappa shape index (κ2) is 2.20. The van der Waals surface area contributed by atoms with Crippen molar-refractivity contribution in [2.24, 2.45) is 0 Å². The number of aromatic amines is 2. The Kier molecular flexibility index (Phi) is 1.32. The molecule has 0 aliphatic carbocycles. The maximum absolute atomic E-state index is 4.96. The smallest absolute Gasteiger partial charge is 0.175 e. The molecule has 56 valence electrons. The molecule has 2 nitrogen and oxygen atoms in total. The highest BCUT2D eigenvalue weighted by Crippen LogP contribution is 2.13. The second-order valence-electron chi connectivity index (χ2n) is 2.58. The van der Waals surface area contributed by atoms with Gasteiger partial charge in [-0.2, -0.15) is 0 Å². The number of benzene rings is 1. The van der Waals surface area contributed by atoms with Crippen molar-refractivity contribution in [3.63, 3.8) is 0 Å². The van der Waals surface area contributed by atoms with Crippen LogP contribution in [0, 0.1) is 11.7 Å². The first-order valence-corrected chi connectivity index (χ1v) is 3.86. The number of aryl methyl sites for hydroxylation is 1. The first kappa shape index (κ1) is 6.61. The Labute approximate surface area is 69.3 Å². The summed E-state index contributed by atoms with van der Waals surface area (Å²) in [6.45, 7) is 2.06. The van der Waals surface area contributed by atoms with E-state index in [1.54, 1.807) is 0 Å². The molecule has 2 N–H and O–H groups in total. The van der Waals surface area contributed by atoms with Crippen LogP contribution in [0.3, 0.4) is 0 Å². The summed E-state index contributed by atoms with van der Waals surface area (Å²) in [4.78, 5) is 6.14. The number of H-pyrrole nitrogens is 2. The fraction of sp³-hybridized carbons (Fsp3) is 0.125. The summed E-state index contributed by atoms with van der Waals surface area (Å²) < 4.78 is 0.689. The van der Waals surface area contributed by atoms with Gasteiger partial charge < -0.3 is 9.97 Å². The number of nitrogens with one attached hydrogen (secondary N) is 2. The van der Waals surface area contributed by atoms with Gasteiger partial charge in [-0.15, -0.1) is 0 Å². The van der Waals surface area contributed by atoms with E-state index in [4.69, 9.17) is 12.2 Å². The van der Waals surface area contributed by atoms with Crippen molar-refractivity contribution in [2.45, 2.75) is 6.92 Å². The monoisotopic (exact) mass is 164 g/mol. The Morgan fingerprint density at radius 3 is 2.82 bits per heavy atom. The van der Waals surface area contributed by atoms with Crippen LogP contribution in [0.2, 0.25) is 0 Å². The van der Waals surface area contributed by atoms with Gasteiger partial charge in [0.1, 0.15) is 0 Å². The summed E-state index contributed by atoms with van der Waals surface area (Å²) in [5.74, 6) is 0. The number of para-hydroxylation sites is 1. The van der Waals surface area contributed by atoms with Crippen molar-refractivity contribution < 1.29 is 0 Å². The van der Waals surface area contributed by atoms with Crippen LogP contribution in [0.1, 0.15) is 5.56 Å². The van der Waals surface area contributed by atoms with E-state index >= 15 is 0 Å². The lowest BCUT2D eigenvalue weighted by Crippen LogP contribution is -1.73. The zero-order valence-electron chi connectivity index (χ0n) is 6.14. The lowest BCUT2D eigenvalue weighted by molar-refractivity contribution is 1.29. The average molecular weight is 164 g/mol. The van der Waals surface area contributed by atoms with Gasteiger partial charge >= 0.3 is 0 Å². The first-order chi connectivity index (χ1) is 5.27. The Morgan fingerprint density at radius 2 is 2.09 bits per heavy atom. The van der Waals surface area contributed by atoms with Gasteiger partial charge in [0.05, 0.1) is 11.0 Å². The number of rotatable bonds is 0. The third-order valence-electron chi connectivity index (χ3n) is 1.76. The largest absolute Gasteiger partial charge is 0.331 e. The predicted octanol–water partition coefficient (Wildman–Crippen LogP) is 2.53. The fourth-order valence-electron chi connectivity index (χ4n) is 1.20. The van der Waals surface area contributed by atoms with Crippen molar-refractivity contribution in [1.29, 1.82) is 0 Å². The third kappa shape index (κ3) is 0.973. The average Bonchev–Trinajstić information content (AvgIpc) is 2.31. The molecule has 0 unspecified atom stereocenters. The third-order valence-corrected chi connectivity index (χ3v) is 1.96. The van der Waals surface area contributed by atoms with Crippen molar-refractivity contribution in [3.8, 4) is 0 Å². The summed E-state index contributed by atoms with van der Waals surface area (Å²) >= 11 is 4.96. The number of fused-ring (bicyclic) bond motifs is 1. The van der Waals surface area contributed by atoms with E-state index < -0.39 is 0 Å². The van der Waals surface area contributed by atoms with Crippen LogP contribution < -0.4 is 0 Å². The molecular weight excluding hydrogens is 156 g/mol. The summed E-state index contributed by atoms with van der Waals surface area (Å²) in [6.07, 6.45) is 0. The quantitative estimate of drug-likeness (QED) is 0.576. The maximum Gasteiger partial charge on any atom is 0.175 e. The predicted molar refractivity (Wildman–Crippen MR) is 48.2 cm³/mol. The molecule has 2 aromatic rings. The normalized spacial score (nSPS) is 10.6. The van der Waals surface area contributed by atoms with E-state index in [9.17, 15) is 0 Å². The van der Waals surface area contributed by atoms with Gasteiger partial charge in [-0.3, -0.25) is 0 Å². The molecule has 0 fully saturated rings. The van der Waals surface area contributed by atoms with Gasteiger partial charge in [-0.25, -0.2) is 0 Å². The molecule has 0 bridgehead atoms. The topological polar surface area (TPSA) is 31.6 Å². The zero-order valence-corrected chi connectivity index (χ0v) is 6.96. The molecular formula is C8H8N2S. The van der Waals surface area contributed by atoms with Crippen molar-refractivity contribution in [1.82, 2.24) is 9.97 Å². The van der Waals surface area contributed by atoms with Crippen LogP contribution in [-0.2, 0) is 0 Å². The molecule has 11 heavy (non-hydrogen) atoms. The number of imidazole rings is 1. The Morgan fingerprint density at radius 1 is 1.27 bits per heavy atom. The van der Waals surface area contributed by atoms with E-state index in [0.29, 0.717) is 4.77 Å². The minimum absolute atomic E-state index is 0.689. The number of aromatic nitrogens is 2. The van der Waals surface area contributed by atoms with Gasteiger partial charge in [0.25, 0.3) is 0 Å². The van der Waals surface area contributed by atoms with Gasteiger partial charge in [0.15, 0.2) is 4.77 Å². The van der Waals surface area contributed by atoms with Crippen molar-refractivity contribution >= 4 is 23.3 Å². The van der Waals surface area contributed by atoms with Gasteiger partial charge in [-0.1, -0.05) is 12.1 Å². The molecule has 0 radical (unpaired) electrons. The molecule has 0 saturated heterocycles. The van der Waals surface area contributed by atoms with E-state index in [1.165, 1.54) is 5.56 Å². The SMILES string of the molecule is Cc1cccc2[nH]c(=S)[nH]c12.